The van der Waals surface area contributed by atoms with Gasteiger partial charge in [0.1, 0.15) is 11.5 Å². The summed E-state index contributed by atoms with van der Waals surface area (Å²) in [6, 6.07) is 10.8. The third-order valence-corrected chi connectivity index (χ3v) is 4.54. The molecule has 0 aliphatic heterocycles. The number of halogens is 3. The lowest BCUT2D eigenvalue weighted by molar-refractivity contribution is -0.121. The fraction of sp³-hybridized carbons (Fsp3) is 0.125. The number of carbonyl (C=O) groups is 1. The van der Waals surface area contributed by atoms with Gasteiger partial charge in [-0.25, -0.2) is 5.43 Å². The largest absolute Gasteiger partial charge is 0.506 e. The molecule has 0 atom stereocenters. The maximum atomic E-state index is 11.7. The second-order valence-electron chi connectivity index (χ2n) is 4.68. The Labute approximate surface area is 164 Å². The SMILES string of the molecule is O=C(CCOc1cccc(Br)c1)NN=Cc1cc(Br)c(O)c(Br)c1. The maximum Gasteiger partial charge on any atom is 0.243 e. The number of hydrogen-bond acceptors (Lipinski definition) is 4. The Morgan fingerprint density at radius 3 is 2.58 bits per heavy atom. The molecule has 0 saturated heterocycles. The van der Waals surface area contributed by atoms with E-state index >= 15 is 0 Å². The highest BCUT2D eigenvalue weighted by atomic mass is 79.9. The molecule has 0 aliphatic carbocycles. The number of aromatic hydroxyl groups is 1. The molecule has 2 rings (SSSR count). The van der Waals surface area contributed by atoms with Crippen molar-refractivity contribution < 1.29 is 14.6 Å². The van der Waals surface area contributed by atoms with Crippen LogP contribution in [0.25, 0.3) is 0 Å². The zero-order valence-corrected chi connectivity index (χ0v) is 17.1. The normalized spacial score (nSPS) is 10.8. The molecule has 0 aliphatic rings. The number of rotatable bonds is 6. The first-order valence-electron chi connectivity index (χ1n) is 6.84. The van der Waals surface area contributed by atoms with Crippen LogP contribution in [0.3, 0.4) is 0 Å². The van der Waals surface area contributed by atoms with Crippen LogP contribution < -0.4 is 10.2 Å². The monoisotopic (exact) mass is 518 g/mol. The van der Waals surface area contributed by atoms with Crippen LogP contribution in [-0.4, -0.2) is 23.8 Å². The minimum absolute atomic E-state index is 0.112. The highest BCUT2D eigenvalue weighted by Gasteiger charge is 2.05. The number of carbonyl (C=O) groups excluding carboxylic acids is 1. The van der Waals surface area contributed by atoms with Crippen molar-refractivity contribution >= 4 is 59.9 Å². The molecule has 0 fully saturated rings. The van der Waals surface area contributed by atoms with Crippen LogP contribution in [0.4, 0.5) is 0 Å². The zero-order valence-electron chi connectivity index (χ0n) is 12.3. The van der Waals surface area contributed by atoms with Gasteiger partial charge >= 0.3 is 0 Å². The zero-order chi connectivity index (χ0) is 17.5. The van der Waals surface area contributed by atoms with Gasteiger partial charge in [0, 0.05) is 4.47 Å². The molecule has 0 heterocycles. The van der Waals surface area contributed by atoms with Crippen LogP contribution in [0, 0.1) is 0 Å². The van der Waals surface area contributed by atoms with Crippen molar-refractivity contribution in [2.45, 2.75) is 6.42 Å². The minimum atomic E-state index is -0.252. The van der Waals surface area contributed by atoms with Gasteiger partial charge in [0.2, 0.25) is 5.91 Å². The Morgan fingerprint density at radius 1 is 1.21 bits per heavy atom. The van der Waals surface area contributed by atoms with Gasteiger partial charge in [0.25, 0.3) is 0 Å². The molecule has 0 unspecified atom stereocenters. The van der Waals surface area contributed by atoms with Crippen LogP contribution in [0.1, 0.15) is 12.0 Å². The third kappa shape index (κ3) is 5.92. The molecule has 24 heavy (non-hydrogen) atoms. The van der Waals surface area contributed by atoms with Crippen molar-refractivity contribution in [2.24, 2.45) is 5.10 Å². The molecule has 1 amide bonds. The van der Waals surface area contributed by atoms with E-state index in [1.54, 1.807) is 12.1 Å². The molecule has 2 aromatic rings. The molecule has 126 valence electrons. The van der Waals surface area contributed by atoms with Crippen LogP contribution in [0.15, 0.2) is 54.9 Å². The van der Waals surface area contributed by atoms with Crippen molar-refractivity contribution in [3.05, 3.63) is 55.4 Å². The average Bonchev–Trinajstić information content (AvgIpc) is 2.52. The fourth-order valence-electron chi connectivity index (χ4n) is 1.71. The Morgan fingerprint density at radius 2 is 1.92 bits per heavy atom. The van der Waals surface area contributed by atoms with E-state index in [4.69, 9.17) is 4.74 Å². The summed E-state index contributed by atoms with van der Waals surface area (Å²) in [6.07, 6.45) is 1.68. The molecular formula is C16H13Br3N2O3. The molecule has 0 radical (unpaired) electrons. The lowest BCUT2D eigenvalue weighted by atomic mass is 10.2. The van der Waals surface area contributed by atoms with Crippen molar-refractivity contribution in [1.82, 2.24) is 5.43 Å². The highest BCUT2D eigenvalue weighted by Crippen LogP contribution is 2.32. The number of amides is 1. The van der Waals surface area contributed by atoms with Gasteiger partial charge < -0.3 is 9.84 Å². The van der Waals surface area contributed by atoms with Crippen LogP contribution in [0.2, 0.25) is 0 Å². The number of ether oxygens (including phenoxy) is 1. The van der Waals surface area contributed by atoms with Gasteiger partial charge in [-0.2, -0.15) is 5.10 Å². The molecule has 8 heteroatoms. The Kier molecular flexibility index (Phi) is 7.26. The summed E-state index contributed by atoms with van der Waals surface area (Å²) >= 11 is 9.81. The molecule has 5 nitrogen and oxygen atoms in total. The van der Waals surface area contributed by atoms with E-state index in [0.717, 1.165) is 10.0 Å². The van der Waals surface area contributed by atoms with Gasteiger partial charge in [0.15, 0.2) is 0 Å². The number of phenolic OH excluding ortho intramolecular Hbond substituents is 1. The van der Waals surface area contributed by atoms with E-state index < -0.39 is 0 Å². The number of benzene rings is 2. The van der Waals surface area contributed by atoms with Crippen molar-refractivity contribution in [3.8, 4) is 11.5 Å². The van der Waals surface area contributed by atoms with Crippen molar-refractivity contribution in [3.63, 3.8) is 0 Å². The van der Waals surface area contributed by atoms with E-state index in [0.29, 0.717) is 14.7 Å². The van der Waals surface area contributed by atoms with Gasteiger partial charge in [-0.05, 0) is 67.8 Å². The lowest BCUT2D eigenvalue weighted by Crippen LogP contribution is -2.20. The summed E-state index contributed by atoms with van der Waals surface area (Å²) in [4.78, 5) is 11.7. The first kappa shape index (κ1) is 19.0. The van der Waals surface area contributed by atoms with Gasteiger partial charge in [-0.1, -0.05) is 22.0 Å². The van der Waals surface area contributed by atoms with Gasteiger partial charge in [0.05, 0.1) is 28.2 Å². The second kappa shape index (κ2) is 9.19. The molecule has 0 bridgehead atoms. The van der Waals surface area contributed by atoms with Crippen molar-refractivity contribution in [2.75, 3.05) is 6.61 Å². The van der Waals surface area contributed by atoms with E-state index in [2.05, 4.69) is 58.3 Å². The Hall–Kier alpha value is -1.38. The number of nitrogens with zero attached hydrogens (tertiary/aromatic N) is 1. The summed E-state index contributed by atoms with van der Waals surface area (Å²) in [5.74, 6) is 0.554. The van der Waals surface area contributed by atoms with E-state index in [1.165, 1.54) is 6.21 Å². The summed E-state index contributed by atoms with van der Waals surface area (Å²) in [5.41, 5.74) is 3.15. The number of phenols is 1. The van der Waals surface area contributed by atoms with Crippen LogP contribution in [0.5, 0.6) is 11.5 Å². The van der Waals surface area contributed by atoms with Crippen molar-refractivity contribution in [1.29, 1.82) is 0 Å². The fourth-order valence-corrected chi connectivity index (χ4v) is 3.31. The first-order valence-corrected chi connectivity index (χ1v) is 9.22. The maximum absolute atomic E-state index is 11.7. The standard InChI is InChI=1S/C16H13Br3N2O3/c17-11-2-1-3-12(8-11)24-5-4-15(22)21-20-9-10-6-13(18)16(23)14(19)7-10/h1-3,6-9,23H,4-5H2,(H,21,22). The highest BCUT2D eigenvalue weighted by molar-refractivity contribution is 9.11. The van der Waals surface area contributed by atoms with Gasteiger partial charge in [-0.15, -0.1) is 0 Å². The van der Waals surface area contributed by atoms with Crippen LogP contribution in [-0.2, 0) is 4.79 Å². The molecule has 0 spiro atoms. The number of nitrogens with one attached hydrogen (secondary N) is 1. The average molecular weight is 521 g/mol. The number of hydrazone groups is 1. The predicted molar refractivity (Wildman–Crippen MR) is 103 cm³/mol. The molecule has 0 saturated carbocycles. The topological polar surface area (TPSA) is 70.9 Å². The summed E-state index contributed by atoms with van der Waals surface area (Å²) < 4.78 is 7.47. The number of hydrogen-bond donors (Lipinski definition) is 2. The van der Waals surface area contributed by atoms with Crippen LogP contribution >= 0.6 is 47.8 Å². The second-order valence-corrected chi connectivity index (χ2v) is 7.31. The van der Waals surface area contributed by atoms with E-state index in [-0.39, 0.29) is 24.7 Å². The van der Waals surface area contributed by atoms with E-state index in [9.17, 15) is 9.90 Å². The molecular weight excluding hydrogens is 508 g/mol. The van der Waals surface area contributed by atoms with Gasteiger partial charge in [-0.3, -0.25) is 4.79 Å². The summed E-state index contributed by atoms with van der Waals surface area (Å²) in [6.45, 7) is 0.258. The lowest BCUT2D eigenvalue weighted by Gasteiger charge is -2.05. The predicted octanol–water partition coefficient (Wildman–Crippen LogP) is 4.60. The first-order chi connectivity index (χ1) is 11.5. The Bertz CT molecular complexity index is 743. The Balaban J connectivity index is 1.78. The molecule has 0 aromatic heterocycles. The third-order valence-electron chi connectivity index (χ3n) is 2.84. The molecule has 2 aromatic carbocycles. The summed E-state index contributed by atoms with van der Waals surface area (Å²) in [7, 11) is 0. The van der Waals surface area contributed by atoms with E-state index in [1.807, 2.05) is 24.3 Å². The molecule has 2 N–H and O–H groups in total. The summed E-state index contributed by atoms with van der Waals surface area (Å²) in [5, 5.41) is 13.5. The quantitative estimate of drug-likeness (QED) is 0.432. The minimum Gasteiger partial charge on any atom is -0.506 e. The smallest absolute Gasteiger partial charge is 0.243 e.